The van der Waals surface area contributed by atoms with Crippen molar-refractivity contribution in [2.24, 2.45) is 4.99 Å². The van der Waals surface area contributed by atoms with Crippen LogP contribution >= 0.6 is 0 Å². The van der Waals surface area contributed by atoms with Gasteiger partial charge in [0.1, 0.15) is 0 Å². The fourth-order valence-electron chi connectivity index (χ4n) is 1.79. The van der Waals surface area contributed by atoms with Crippen LogP contribution in [0.3, 0.4) is 0 Å². The summed E-state index contributed by atoms with van der Waals surface area (Å²) in [6.07, 6.45) is 2.58. The first-order valence-corrected chi connectivity index (χ1v) is 4.68. The van der Waals surface area contributed by atoms with E-state index < -0.39 is 0 Å². The van der Waals surface area contributed by atoms with Crippen LogP contribution in [0.5, 0.6) is 0 Å². The molecule has 78 valence electrons. The second kappa shape index (κ2) is 3.68. The lowest BCUT2D eigenvalue weighted by Crippen LogP contribution is -2.17. The summed E-state index contributed by atoms with van der Waals surface area (Å²) in [6.45, 7) is 0.841. The van der Waals surface area contributed by atoms with Gasteiger partial charge < -0.3 is 4.90 Å². The lowest BCUT2D eigenvalue weighted by atomic mass is 10.1. The van der Waals surface area contributed by atoms with Crippen molar-refractivity contribution in [2.45, 2.75) is 6.42 Å². The highest BCUT2D eigenvalue weighted by Gasteiger charge is 2.20. The number of aliphatic imine (C=N–C) groups is 1. The monoisotopic (exact) mass is 205 g/mol. The Balaban J connectivity index is 2.37. The minimum atomic E-state index is -0.364. The molecule has 0 aromatic heterocycles. The maximum Gasteiger partial charge on any atom is 0.269 e. The molecule has 5 nitrogen and oxygen atoms in total. The topological polar surface area (TPSA) is 58.7 Å². The van der Waals surface area contributed by atoms with Crippen LogP contribution in [-0.4, -0.2) is 24.9 Å². The van der Waals surface area contributed by atoms with Crippen LogP contribution in [0.2, 0.25) is 0 Å². The molecule has 0 amide bonds. The van der Waals surface area contributed by atoms with Gasteiger partial charge in [0.15, 0.2) is 0 Å². The first-order chi connectivity index (χ1) is 7.22. The van der Waals surface area contributed by atoms with Crippen LogP contribution in [0.4, 0.5) is 11.4 Å². The molecule has 0 fully saturated rings. The highest BCUT2D eigenvalue weighted by atomic mass is 16.6. The summed E-state index contributed by atoms with van der Waals surface area (Å²) in [5, 5.41) is 10.6. The molecule has 0 aliphatic carbocycles. The molecular weight excluding hydrogens is 194 g/mol. The zero-order chi connectivity index (χ0) is 10.8. The van der Waals surface area contributed by atoms with Gasteiger partial charge in [-0.2, -0.15) is 0 Å². The summed E-state index contributed by atoms with van der Waals surface area (Å²) < 4.78 is 0. The van der Waals surface area contributed by atoms with Gasteiger partial charge in [0, 0.05) is 31.4 Å². The zero-order valence-electron chi connectivity index (χ0n) is 8.38. The zero-order valence-corrected chi connectivity index (χ0v) is 8.38. The van der Waals surface area contributed by atoms with Gasteiger partial charge in [0.05, 0.1) is 11.3 Å². The molecule has 0 spiro atoms. The fourth-order valence-corrected chi connectivity index (χ4v) is 1.79. The van der Waals surface area contributed by atoms with Crippen LogP contribution in [0, 0.1) is 10.1 Å². The van der Waals surface area contributed by atoms with E-state index in [-0.39, 0.29) is 10.6 Å². The standard InChI is InChI=1S/C10H11N3O2/c1-11-7-12-5-4-8-6-9(13(14)15)2-3-10(8)12/h2-3,6-7H,4-5H2,1H3. The third-order valence-corrected chi connectivity index (χ3v) is 2.46. The highest BCUT2D eigenvalue weighted by molar-refractivity contribution is 5.83. The number of hydrogen-bond donors (Lipinski definition) is 0. The van der Waals surface area contributed by atoms with Crippen molar-refractivity contribution in [1.82, 2.24) is 0 Å². The molecule has 0 N–H and O–H groups in total. The Morgan fingerprint density at radius 1 is 1.60 bits per heavy atom. The predicted octanol–water partition coefficient (Wildman–Crippen LogP) is 1.62. The van der Waals surface area contributed by atoms with Crippen molar-refractivity contribution in [3.63, 3.8) is 0 Å². The van der Waals surface area contributed by atoms with Crippen molar-refractivity contribution in [3.8, 4) is 0 Å². The SMILES string of the molecule is CN=CN1CCc2cc([N+](=O)[O-])ccc21. The molecule has 0 bridgehead atoms. The van der Waals surface area contributed by atoms with Crippen LogP contribution in [0.25, 0.3) is 0 Å². The summed E-state index contributed by atoms with van der Waals surface area (Å²) in [5.74, 6) is 0. The summed E-state index contributed by atoms with van der Waals surface area (Å²) >= 11 is 0. The van der Waals surface area contributed by atoms with Gasteiger partial charge in [-0.25, -0.2) is 0 Å². The summed E-state index contributed by atoms with van der Waals surface area (Å²) in [7, 11) is 1.71. The normalized spacial score (nSPS) is 14.6. The number of fused-ring (bicyclic) bond motifs is 1. The smallest absolute Gasteiger partial charge is 0.269 e. The summed E-state index contributed by atoms with van der Waals surface area (Å²) in [6, 6.07) is 4.95. The number of nitro groups is 1. The van der Waals surface area contributed by atoms with E-state index in [1.54, 1.807) is 25.5 Å². The maximum atomic E-state index is 10.6. The van der Waals surface area contributed by atoms with Gasteiger partial charge in [-0.1, -0.05) is 0 Å². The van der Waals surface area contributed by atoms with E-state index in [1.165, 1.54) is 6.07 Å². The van der Waals surface area contributed by atoms with Crippen molar-refractivity contribution in [1.29, 1.82) is 0 Å². The number of anilines is 1. The number of non-ortho nitro benzene ring substituents is 1. The fraction of sp³-hybridized carbons (Fsp3) is 0.300. The Bertz CT molecular complexity index is 429. The second-order valence-corrected chi connectivity index (χ2v) is 3.39. The molecule has 1 heterocycles. The van der Waals surface area contributed by atoms with Crippen LogP contribution in [0.15, 0.2) is 23.2 Å². The van der Waals surface area contributed by atoms with Crippen molar-refractivity contribution in [2.75, 3.05) is 18.5 Å². The van der Waals surface area contributed by atoms with Crippen LogP contribution in [0.1, 0.15) is 5.56 Å². The average Bonchev–Trinajstić information content (AvgIpc) is 2.61. The number of rotatable bonds is 2. The van der Waals surface area contributed by atoms with Gasteiger partial charge in [-0.15, -0.1) is 0 Å². The molecule has 2 rings (SSSR count). The molecule has 5 heteroatoms. The van der Waals surface area contributed by atoms with E-state index >= 15 is 0 Å². The molecule has 0 saturated heterocycles. The first kappa shape index (κ1) is 9.64. The quantitative estimate of drug-likeness (QED) is 0.319. The van der Waals surface area contributed by atoms with Gasteiger partial charge in [-0.05, 0) is 18.1 Å². The minimum Gasteiger partial charge on any atom is -0.332 e. The molecule has 0 radical (unpaired) electrons. The molecule has 1 aromatic carbocycles. The maximum absolute atomic E-state index is 10.6. The average molecular weight is 205 g/mol. The number of nitro benzene ring substituents is 1. The molecular formula is C10H11N3O2. The third kappa shape index (κ3) is 1.68. The first-order valence-electron chi connectivity index (χ1n) is 4.68. The molecule has 0 saturated carbocycles. The third-order valence-electron chi connectivity index (χ3n) is 2.46. The predicted molar refractivity (Wildman–Crippen MR) is 58.6 cm³/mol. The van der Waals surface area contributed by atoms with E-state index in [2.05, 4.69) is 4.99 Å². The van der Waals surface area contributed by atoms with Gasteiger partial charge >= 0.3 is 0 Å². The van der Waals surface area contributed by atoms with Crippen molar-refractivity contribution >= 4 is 17.7 Å². The minimum absolute atomic E-state index is 0.157. The molecule has 1 aliphatic rings. The summed E-state index contributed by atoms with van der Waals surface area (Å²) in [5.41, 5.74) is 2.19. The second-order valence-electron chi connectivity index (χ2n) is 3.39. The van der Waals surface area contributed by atoms with Gasteiger partial charge in [0.2, 0.25) is 0 Å². The summed E-state index contributed by atoms with van der Waals surface area (Å²) in [4.78, 5) is 16.1. The Kier molecular flexibility index (Phi) is 2.37. The van der Waals surface area contributed by atoms with E-state index in [1.807, 2.05) is 4.90 Å². The lowest BCUT2D eigenvalue weighted by Gasteiger charge is -2.11. The Morgan fingerprint density at radius 3 is 3.07 bits per heavy atom. The largest absolute Gasteiger partial charge is 0.332 e. The Labute approximate surface area is 87.2 Å². The molecule has 1 aromatic rings. The van der Waals surface area contributed by atoms with E-state index in [9.17, 15) is 10.1 Å². The van der Waals surface area contributed by atoms with Crippen LogP contribution in [-0.2, 0) is 6.42 Å². The van der Waals surface area contributed by atoms with E-state index in [4.69, 9.17) is 0 Å². The Morgan fingerprint density at radius 2 is 2.40 bits per heavy atom. The molecule has 15 heavy (non-hydrogen) atoms. The van der Waals surface area contributed by atoms with Crippen molar-refractivity contribution in [3.05, 3.63) is 33.9 Å². The molecule has 1 aliphatic heterocycles. The Hall–Kier alpha value is -1.91. The number of nitrogens with zero attached hydrogens (tertiary/aromatic N) is 3. The van der Waals surface area contributed by atoms with Gasteiger partial charge in [-0.3, -0.25) is 15.1 Å². The lowest BCUT2D eigenvalue weighted by molar-refractivity contribution is -0.384. The number of benzene rings is 1. The van der Waals surface area contributed by atoms with E-state index in [0.29, 0.717) is 0 Å². The molecule has 0 atom stereocenters. The van der Waals surface area contributed by atoms with Gasteiger partial charge in [0.25, 0.3) is 5.69 Å². The number of hydrogen-bond acceptors (Lipinski definition) is 3. The van der Waals surface area contributed by atoms with Crippen molar-refractivity contribution < 1.29 is 4.92 Å². The highest BCUT2D eigenvalue weighted by Crippen LogP contribution is 2.30. The van der Waals surface area contributed by atoms with Crippen LogP contribution < -0.4 is 4.90 Å². The van der Waals surface area contributed by atoms with E-state index in [0.717, 1.165) is 24.2 Å². The molecule has 0 unspecified atom stereocenters.